The van der Waals surface area contributed by atoms with Gasteiger partial charge >= 0.3 is 0 Å². The minimum atomic E-state index is 0.271. The summed E-state index contributed by atoms with van der Waals surface area (Å²) in [5, 5.41) is 9.14. The molecule has 0 aromatic heterocycles. The highest BCUT2D eigenvalue weighted by molar-refractivity contribution is 9.10. The second-order valence-electron chi connectivity index (χ2n) is 4.10. The second kappa shape index (κ2) is 5.06. The molecule has 1 aliphatic heterocycles. The van der Waals surface area contributed by atoms with Crippen molar-refractivity contribution < 1.29 is 9.84 Å². The van der Waals surface area contributed by atoms with Gasteiger partial charge in [0.05, 0.1) is 12.8 Å². The highest BCUT2D eigenvalue weighted by atomic mass is 79.9. The maximum Gasteiger partial charge on any atom is 0.142 e. The predicted octanol–water partition coefficient (Wildman–Crippen LogP) is 2.28. The van der Waals surface area contributed by atoms with Gasteiger partial charge in [-0.1, -0.05) is 15.9 Å². The van der Waals surface area contributed by atoms with Crippen molar-refractivity contribution in [3.05, 3.63) is 22.7 Å². The molecular weight excluding hydrogens is 270 g/mol. The van der Waals surface area contributed by atoms with Crippen LogP contribution in [0.4, 0.5) is 5.69 Å². The largest absolute Gasteiger partial charge is 0.495 e. The van der Waals surface area contributed by atoms with Crippen molar-refractivity contribution in [2.24, 2.45) is 5.92 Å². The fourth-order valence-electron chi connectivity index (χ4n) is 2.11. The van der Waals surface area contributed by atoms with Crippen LogP contribution in [0.15, 0.2) is 22.7 Å². The average Bonchev–Trinajstić information content (AvgIpc) is 2.77. The molecule has 0 aliphatic carbocycles. The average molecular weight is 286 g/mol. The third kappa shape index (κ3) is 2.33. The van der Waals surface area contributed by atoms with Crippen molar-refractivity contribution in [2.45, 2.75) is 6.42 Å². The van der Waals surface area contributed by atoms with Crippen LogP contribution >= 0.6 is 15.9 Å². The topological polar surface area (TPSA) is 32.7 Å². The van der Waals surface area contributed by atoms with E-state index in [2.05, 4.69) is 26.9 Å². The fraction of sp³-hybridized carbons (Fsp3) is 0.500. The van der Waals surface area contributed by atoms with Gasteiger partial charge in [0.15, 0.2) is 0 Å². The molecule has 1 aromatic carbocycles. The quantitative estimate of drug-likeness (QED) is 0.925. The Balaban J connectivity index is 2.22. The molecule has 0 saturated carbocycles. The zero-order valence-corrected chi connectivity index (χ0v) is 10.9. The standard InChI is InChI=1S/C12H16BrNO2/c1-16-12-3-2-10(13)6-11(12)14-5-4-9(7-14)8-15/h2-3,6,9,15H,4-5,7-8H2,1H3. The first-order chi connectivity index (χ1) is 7.74. The molecule has 4 heteroatoms. The zero-order chi connectivity index (χ0) is 11.5. The molecule has 1 saturated heterocycles. The van der Waals surface area contributed by atoms with Gasteiger partial charge in [0.1, 0.15) is 5.75 Å². The van der Waals surface area contributed by atoms with Gasteiger partial charge < -0.3 is 14.7 Å². The lowest BCUT2D eigenvalue weighted by Gasteiger charge is -2.21. The molecule has 1 fully saturated rings. The first-order valence-electron chi connectivity index (χ1n) is 5.44. The number of ether oxygens (including phenoxy) is 1. The molecule has 88 valence electrons. The summed E-state index contributed by atoms with van der Waals surface area (Å²) in [5.41, 5.74) is 1.10. The molecular formula is C12H16BrNO2. The van der Waals surface area contributed by atoms with Crippen molar-refractivity contribution in [2.75, 3.05) is 31.7 Å². The van der Waals surface area contributed by atoms with E-state index in [9.17, 15) is 0 Å². The number of halogens is 1. The van der Waals surface area contributed by atoms with Crippen LogP contribution in [0, 0.1) is 5.92 Å². The Morgan fingerprint density at radius 2 is 2.38 bits per heavy atom. The molecule has 16 heavy (non-hydrogen) atoms. The van der Waals surface area contributed by atoms with Crippen molar-refractivity contribution in [1.29, 1.82) is 0 Å². The van der Waals surface area contributed by atoms with E-state index in [-0.39, 0.29) is 6.61 Å². The van der Waals surface area contributed by atoms with Crippen LogP contribution in [-0.4, -0.2) is 31.9 Å². The van der Waals surface area contributed by atoms with Crippen LogP contribution in [-0.2, 0) is 0 Å². The van der Waals surface area contributed by atoms with Gasteiger partial charge in [-0.3, -0.25) is 0 Å². The summed E-state index contributed by atoms with van der Waals surface area (Å²) in [7, 11) is 1.69. The summed E-state index contributed by atoms with van der Waals surface area (Å²) in [6.07, 6.45) is 1.05. The summed E-state index contributed by atoms with van der Waals surface area (Å²) in [6, 6.07) is 6.01. The van der Waals surface area contributed by atoms with Gasteiger partial charge in [-0.15, -0.1) is 0 Å². The maximum absolute atomic E-state index is 9.14. The Morgan fingerprint density at radius 1 is 1.56 bits per heavy atom. The third-order valence-corrected chi connectivity index (χ3v) is 3.52. The Hall–Kier alpha value is -0.740. The highest BCUT2D eigenvalue weighted by Crippen LogP contribution is 2.34. The van der Waals surface area contributed by atoms with E-state index in [0.29, 0.717) is 5.92 Å². The van der Waals surface area contributed by atoms with Crippen LogP contribution < -0.4 is 9.64 Å². The fourth-order valence-corrected chi connectivity index (χ4v) is 2.46. The second-order valence-corrected chi connectivity index (χ2v) is 5.02. The number of hydrogen-bond acceptors (Lipinski definition) is 3. The minimum absolute atomic E-state index is 0.271. The molecule has 1 N–H and O–H groups in total. The number of benzene rings is 1. The van der Waals surface area contributed by atoms with E-state index in [1.165, 1.54) is 0 Å². The molecule has 0 spiro atoms. The van der Waals surface area contributed by atoms with E-state index in [1.54, 1.807) is 7.11 Å². The lowest BCUT2D eigenvalue weighted by atomic mass is 10.1. The number of hydrogen-bond donors (Lipinski definition) is 1. The van der Waals surface area contributed by atoms with E-state index >= 15 is 0 Å². The Labute approximate surface area is 104 Å². The van der Waals surface area contributed by atoms with Crippen LogP contribution in [0.2, 0.25) is 0 Å². The lowest BCUT2D eigenvalue weighted by molar-refractivity contribution is 0.238. The van der Waals surface area contributed by atoms with Crippen molar-refractivity contribution in [3.63, 3.8) is 0 Å². The number of rotatable bonds is 3. The Bertz CT molecular complexity index is 370. The number of anilines is 1. The van der Waals surface area contributed by atoms with E-state index in [0.717, 1.165) is 35.4 Å². The van der Waals surface area contributed by atoms with Crippen LogP contribution in [0.25, 0.3) is 0 Å². The molecule has 1 heterocycles. The first-order valence-corrected chi connectivity index (χ1v) is 6.23. The van der Waals surface area contributed by atoms with Gasteiger partial charge in [0.2, 0.25) is 0 Å². The molecule has 2 rings (SSSR count). The van der Waals surface area contributed by atoms with Gasteiger partial charge in [-0.05, 0) is 24.6 Å². The summed E-state index contributed by atoms with van der Waals surface area (Å²) in [5.74, 6) is 1.28. The Morgan fingerprint density at radius 3 is 3.00 bits per heavy atom. The molecule has 1 unspecified atom stereocenters. The molecule has 0 bridgehead atoms. The SMILES string of the molecule is COc1ccc(Br)cc1N1CCC(CO)C1. The number of aliphatic hydroxyl groups excluding tert-OH is 1. The maximum atomic E-state index is 9.14. The number of nitrogens with zero attached hydrogens (tertiary/aromatic N) is 1. The van der Waals surface area contributed by atoms with Crippen LogP contribution in [0.3, 0.4) is 0 Å². The van der Waals surface area contributed by atoms with Gasteiger partial charge in [-0.2, -0.15) is 0 Å². The van der Waals surface area contributed by atoms with Crippen LogP contribution in [0.1, 0.15) is 6.42 Å². The van der Waals surface area contributed by atoms with E-state index in [1.807, 2.05) is 12.1 Å². The number of aliphatic hydroxyl groups is 1. The summed E-state index contributed by atoms with van der Waals surface area (Å²) < 4.78 is 6.41. The highest BCUT2D eigenvalue weighted by Gasteiger charge is 2.24. The molecule has 1 aliphatic rings. The molecule has 0 amide bonds. The van der Waals surface area contributed by atoms with Gasteiger partial charge in [-0.25, -0.2) is 0 Å². The van der Waals surface area contributed by atoms with Crippen molar-refractivity contribution >= 4 is 21.6 Å². The third-order valence-electron chi connectivity index (χ3n) is 3.03. The lowest BCUT2D eigenvalue weighted by Crippen LogP contribution is -2.21. The minimum Gasteiger partial charge on any atom is -0.495 e. The van der Waals surface area contributed by atoms with Crippen molar-refractivity contribution in [1.82, 2.24) is 0 Å². The first kappa shape index (κ1) is 11.7. The normalized spacial score (nSPS) is 20.2. The molecule has 0 radical (unpaired) electrons. The molecule has 1 atom stereocenters. The molecule has 1 aromatic rings. The predicted molar refractivity (Wildman–Crippen MR) is 68.1 cm³/mol. The number of methoxy groups -OCH3 is 1. The monoisotopic (exact) mass is 285 g/mol. The van der Waals surface area contributed by atoms with Gasteiger partial charge in [0, 0.05) is 30.1 Å². The van der Waals surface area contributed by atoms with Gasteiger partial charge in [0.25, 0.3) is 0 Å². The van der Waals surface area contributed by atoms with Crippen molar-refractivity contribution in [3.8, 4) is 5.75 Å². The van der Waals surface area contributed by atoms with E-state index < -0.39 is 0 Å². The molecule has 3 nitrogen and oxygen atoms in total. The van der Waals surface area contributed by atoms with Crippen LogP contribution in [0.5, 0.6) is 5.75 Å². The summed E-state index contributed by atoms with van der Waals surface area (Å²) in [4.78, 5) is 2.27. The Kier molecular flexibility index (Phi) is 3.71. The van der Waals surface area contributed by atoms with E-state index in [4.69, 9.17) is 9.84 Å². The smallest absolute Gasteiger partial charge is 0.142 e. The zero-order valence-electron chi connectivity index (χ0n) is 9.32. The summed E-state index contributed by atoms with van der Waals surface area (Å²) >= 11 is 3.47. The summed E-state index contributed by atoms with van der Waals surface area (Å²) in [6.45, 7) is 2.16.